The van der Waals surface area contributed by atoms with Gasteiger partial charge < -0.3 is 14.9 Å². The predicted octanol–water partition coefficient (Wildman–Crippen LogP) is 2.52. The Morgan fingerprint density at radius 2 is 1.92 bits per heavy atom. The number of rotatable bonds is 5. The maximum absolute atomic E-state index is 13.2. The molecule has 132 valence electrons. The normalized spacial score (nSPS) is 26.6. The number of likely N-dealkylation sites (tertiary alicyclic amines) is 1. The van der Waals surface area contributed by atoms with E-state index in [1.54, 1.807) is 0 Å². The second kappa shape index (κ2) is 7.24. The number of nitrogens with zero attached hydrogens (tertiary/aromatic N) is 2. The average molecular weight is 330 g/mol. The van der Waals surface area contributed by atoms with Gasteiger partial charge in [-0.1, -0.05) is 50.1 Å². The Hall–Kier alpha value is -1.39. The van der Waals surface area contributed by atoms with Crippen molar-refractivity contribution in [3.05, 3.63) is 35.9 Å². The van der Waals surface area contributed by atoms with E-state index in [0.717, 1.165) is 44.3 Å². The molecule has 1 saturated heterocycles. The van der Waals surface area contributed by atoms with Gasteiger partial charge in [0.05, 0.1) is 11.5 Å². The molecule has 1 aromatic rings. The SMILES string of the molecule is C[C@H]1CN(C)C[C@H]1C(=O)N(Cc1ccccc1)CC1(O)CCCC1. The molecule has 0 unspecified atom stereocenters. The number of amides is 1. The molecular weight excluding hydrogens is 300 g/mol. The summed E-state index contributed by atoms with van der Waals surface area (Å²) in [5.41, 5.74) is 0.435. The Morgan fingerprint density at radius 1 is 1.25 bits per heavy atom. The van der Waals surface area contributed by atoms with Crippen LogP contribution < -0.4 is 0 Å². The van der Waals surface area contributed by atoms with Gasteiger partial charge in [-0.2, -0.15) is 0 Å². The molecule has 1 heterocycles. The van der Waals surface area contributed by atoms with Crippen LogP contribution in [0.15, 0.2) is 30.3 Å². The fourth-order valence-corrected chi connectivity index (χ4v) is 4.33. The smallest absolute Gasteiger partial charge is 0.227 e. The minimum Gasteiger partial charge on any atom is -0.388 e. The standard InChI is InChI=1S/C20H30N2O2/c1-16-12-21(2)14-18(16)19(23)22(13-17-8-4-3-5-9-17)15-20(24)10-6-7-11-20/h3-5,8-9,16,18,24H,6-7,10-15H2,1-2H3/t16-,18+/m0/s1. The van der Waals surface area contributed by atoms with E-state index >= 15 is 0 Å². The number of hydrogen-bond donors (Lipinski definition) is 1. The molecule has 1 aromatic carbocycles. The van der Waals surface area contributed by atoms with Crippen molar-refractivity contribution >= 4 is 5.91 Å². The number of hydrogen-bond acceptors (Lipinski definition) is 3. The molecule has 4 heteroatoms. The highest BCUT2D eigenvalue weighted by molar-refractivity contribution is 5.80. The molecule has 2 aliphatic rings. The summed E-state index contributed by atoms with van der Waals surface area (Å²) in [5.74, 6) is 0.624. The highest BCUT2D eigenvalue weighted by atomic mass is 16.3. The third kappa shape index (κ3) is 3.98. The fourth-order valence-electron chi connectivity index (χ4n) is 4.33. The molecule has 24 heavy (non-hydrogen) atoms. The third-order valence-corrected chi connectivity index (χ3v) is 5.66. The minimum absolute atomic E-state index is 0.0451. The van der Waals surface area contributed by atoms with Gasteiger partial charge in [0, 0.05) is 26.2 Å². The van der Waals surface area contributed by atoms with E-state index in [-0.39, 0.29) is 11.8 Å². The lowest BCUT2D eigenvalue weighted by atomic mass is 9.94. The quantitative estimate of drug-likeness (QED) is 0.902. The highest BCUT2D eigenvalue weighted by Gasteiger charge is 2.39. The topological polar surface area (TPSA) is 43.8 Å². The van der Waals surface area contributed by atoms with Crippen LogP contribution in [0.4, 0.5) is 0 Å². The van der Waals surface area contributed by atoms with Crippen LogP contribution in [-0.4, -0.2) is 53.1 Å². The number of aliphatic hydroxyl groups is 1. The van der Waals surface area contributed by atoms with Gasteiger partial charge in [-0.15, -0.1) is 0 Å². The summed E-state index contributed by atoms with van der Waals surface area (Å²) in [6, 6.07) is 10.1. The van der Waals surface area contributed by atoms with Crippen molar-refractivity contribution in [1.29, 1.82) is 0 Å². The average Bonchev–Trinajstić information content (AvgIpc) is 3.12. The van der Waals surface area contributed by atoms with Gasteiger partial charge in [-0.25, -0.2) is 0 Å². The van der Waals surface area contributed by atoms with Crippen molar-refractivity contribution in [2.75, 3.05) is 26.7 Å². The van der Waals surface area contributed by atoms with Gasteiger partial charge in [0.1, 0.15) is 0 Å². The second-order valence-electron chi connectivity index (χ2n) is 7.92. The molecule has 1 saturated carbocycles. The van der Waals surface area contributed by atoms with E-state index in [0.29, 0.717) is 19.0 Å². The zero-order valence-electron chi connectivity index (χ0n) is 14.9. The molecule has 0 spiro atoms. The summed E-state index contributed by atoms with van der Waals surface area (Å²) in [6.45, 7) is 5.02. The first-order valence-electron chi connectivity index (χ1n) is 9.20. The van der Waals surface area contributed by atoms with E-state index < -0.39 is 5.60 Å². The van der Waals surface area contributed by atoms with Crippen LogP contribution in [0.3, 0.4) is 0 Å². The van der Waals surface area contributed by atoms with Crippen molar-refractivity contribution in [2.45, 2.75) is 44.8 Å². The molecule has 1 amide bonds. The molecule has 2 fully saturated rings. The van der Waals surface area contributed by atoms with Crippen LogP contribution in [-0.2, 0) is 11.3 Å². The molecule has 0 radical (unpaired) electrons. The zero-order valence-corrected chi connectivity index (χ0v) is 14.9. The number of benzene rings is 1. The number of carbonyl (C=O) groups is 1. The molecule has 3 rings (SSSR count). The monoisotopic (exact) mass is 330 g/mol. The molecule has 0 aromatic heterocycles. The van der Waals surface area contributed by atoms with E-state index in [4.69, 9.17) is 0 Å². The van der Waals surface area contributed by atoms with Crippen molar-refractivity contribution in [3.63, 3.8) is 0 Å². The molecule has 1 N–H and O–H groups in total. The lowest BCUT2D eigenvalue weighted by molar-refractivity contribution is -0.140. The Labute approximate surface area is 145 Å². The van der Waals surface area contributed by atoms with Crippen LogP contribution in [0.25, 0.3) is 0 Å². The summed E-state index contributed by atoms with van der Waals surface area (Å²) in [5, 5.41) is 10.8. The maximum atomic E-state index is 13.2. The van der Waals surface area contributed by atoms with E-state index in [1.807, 2.05) is 23.1 Å². The summed E-state index contributed by atoms with van der Waals surface area (Å²) in [4.78, 5) is 17.4. The van der Waals surface area contributed by atoms with Crippen molar-refractivity contribution < 1.29 is 9.90 Å². The summed E-state index contributed by atoms with van der Waals surface area (Å²) in [6.07, 6.45) is 3.75. The fraction of sp³-hybridized carbons (Fsp3) is 0.650. The lowest BCUT2D eigenvalue weighted by Crippen LogP contribution is -2.47. The maximum Gasteiger partial charge on any atom is 0.227 e. The van der Waals surface area contributed by atoms with E-state index in [9.17, 15) is 9.90 Å². The van der Waals surface area contributed by atoms with Gasteiger partial charge in [0.15, 0.2) is 0 Å². The lowest BCUT2D eigenvalue weighted by Gasteiger charge is -2.34. The van der Waals surface area contributed by atoms with Gasteiger partial charge in [-0.3, -0.25) is 4.79 Å². The zero-order chi connectivity index (χ0) is 17.2. The molecule has 0 bridgehead atoms. The van der Waals surface area contributed by atoms with Gasteiger partial charge in [0.25, 0.3) is 0 Å². The highest BCUT2D eigenvalue weighted by Crippen LogP contribution is 2.32. The number of carbonyl (C=O) groups excluding carboxylic acids is 1. The Kier molecular flexibility index (Phi) is 5.26. The Morgan fingerprint density at radius 3 is 2.50 bits per heavy atom. The molecule has 2 atom stereocenters. The van der Waals surface area contributed by atoms with Crippen LogP contribution >= 0.6 is 0 Å². The largest absolute Gasteiger partial charge is 0.388 e. The van der Waals surface area contributed by atoms with E-state index in [1.165, 1.54) is 0 Å². The third-order valence-electron chi connectivity index (χ3n) is 5.66. The Balaban J connectivity index is 1.77. The van der Waals surface area contributed by atoms with Crippen LogP contribution in [0.1, 0.15) is 38.2 Å². The summed E-state index contributed by atoms with van der Waals surface area (Å²) >= 11 is 0. The van der Waals surface area contributed by atoms with E-state index in [2.05, 4.69) is 31.0 Å². The van der Waals surface area contributed by atoms with Crippen LogP contribution in [0, 0.1) is 11.8 Å². The molecular formula is C20H30N2O2. The molecule has 4 nitrogen and oxygen atoms in total. The minimum atomic E-state index is -0.696. The Bertz CT molecular complexity index is 554. The first kappa shape index (κ1) is 17.4. The molecule has 1 aliphatic heterocycles. The first-order valence-corrected chi connectivity index (χ1v) is 9.20. The van der Waals surface area contributed by atoms with Crippen molar-refractivity contribution in [1.82, 2.24) is 9.80 Å². The molecule has 1 aliphatic carbocycles. The van der Waals surface area contributed by atoms with Crippen LogP contribution in [0.5, 0.6) is 0 Å². The summed E-state index contributed by atoms with van der Waals surface area (Å²) < 4.78 is 0. The second-order valence-corrected chi connectivity index (χ2v) is 7.92. The summed E-state index contributed by atoms with van der Waals surface area (Å²) in [7, 11) is 2.08. The van der Waals surface area contributed by atoms with Crippen molar-refractivity contribution in [2.24, 2.45) is 11.8 Å². The van der Waals surface area contributed by atoms with Gasteiger partial charge >= 0.3 is 0 Å². The predicted molar refractivity (Wildman–Crippen MR) is 95.4 cm³/mol. The van der Waals surface area contributed by atoms with Crippen molar-refractivity contribution in [3.8, 4) is 0 Å². The van der Waals surface area contributed by atoms with Gasteiger partial charge in [-0.05, 0) is 31.4 Å². The van der Waals surface area contributed by atoms with Gasteiger partial charge in [0.2, 0.25) is 5.91 Å². The van der Waals surface area contributed by atoms with Crippen LogP contribution in [0.2, 0.25) is 0 Å². The first-order chi connectivity index (χ1) is 11.5.